The van der Waals surface area contributed by atoms with Gasteiger partial charge in [0.05, 0.1) is 24.0 Å². The van der Waals surface area contributed by atoms with Crippen molar-refractivity contribution in [2.45, 2.75) is 39.5 Å². The van der Waals surface area contributed by atoms with Gasteiger partial charge in [0, 0.05) is 49.9 Å². The van der Waals surface area contributed by atoms with Crippen molar-refractivity contribution >= 4 is 68.5 Å². The van der Waals surface area contributed by atoms with Crippen LogP contribution in [0.25, 0.3) is 0 Å². The third kappa shape index (κ3) is 8.94. The van der Waals surface area contributed by atoms with Gasteiger partial charge >= 0.3 is 0 Å². The largest absolute Gasteiger partial charge is 0.369 e. The highest BCUT2D eigenvalue weighted by molar-refractivity contribution is 9.10. The second kappa shape index (κ2) is 14.7. The summed E-state index contributed by atoms with van der Waals surface area (Å²) in [7, 11) is 1.40. The van der Waals surface area contributed by atoms with Crippen LogP contribution in [0.4, 0.5) is 23.1 Å². The van der Waals surface area contributed by atoms with Crippen LogP contribution >= 0.6 is 15.9 Å². The number of nitrogens with one attached hydrogen (secondary N) is 4. The first kappa shape index (κ1) is 32.4. The van der Waals surface area contributed by atoms with Crippen LogP contribution in [0.5, 0.6) is 0 Å². The van der Waals surface area contributed by atoms with Crippen LogP contribution < -0.4 is 27.0 Å². The molecule has 1 aliphatic rings. The number of carbonyl (C=O) groups excluding carboxylic acids is 5. The molecule has 4 amide bonds. The third-order valence-electron chi connectivity index (χ3n) is 6.57. The molecule has 1 saturated heterocycles. The maximum atomic E-state index is 12.4. The van der Waals surface area contributed by atoms with E-state index in [1.807, 2.05) is 0 Å². The second-order valence-electron chi connectivity index (χ2n) is 10.2. The van der Waals surface area contributed by atoms with Gasteiger partial charge in [-0.3, -0.25) is 28.8 Å². The van der Waals surface area contributed by atoms with Crippen molar-refractivity contribution in [2.24, 2.45) is 17.1 Å². The van der Waals surface area contributed by atoms with Crippen molar-refractivity contribution in [3.8, 4) is 0 Å². The van der Waals surface area contributed by atoms with Crippen molar-refractivity contribution in [1.29, 1.82) is 0 Å². The fraction of sp³-hybridized carbons (Fsp3) is 0.444. The summed E-state index contributed by atoms with van der Waals surface area (Å²) in [6.45, 7) is 4.15. The number of nitrogens with zero attached hydrogens (tertiary/aromatic N) is 3. The number of hydrogen-bond acceptors (Lipinski definition) is 10. The van der Waals surface area contributed by atoms with Gasteiger partial charge < -0.3 is 27.0 Å². The summed E-state index contributed by atoms with van der Waals surface area (Å²) in [5, 5.41) is 12.9. The van der Waals surface area contributed by atoms with Crippen molar-refractivity contribution < 1.29 is 28.8 Å². The number of ketones is 1. The van der Waals surface area contributed by atoms with Gasteiger partial charge in [0.1, 0.15) is 17.0 Å². The molecule has 3 rings (SSSR count). The number of benzene rings is 1. The smallest absolute Gasteiger partial charge is 0.251 e. The van der Waals surface area contributed by atoms with Crippen LogP contribution in [-0.4, -0.2) is 71.2 Å². The molecule has 0 saturated carbocycles. The Morgan fingerprint density at radius 2 is 1.90 bits per heavy atom. The third-order valence-corrected chi connectivity index (χ3v) is 7.15. The predicted octanol–water partition coefficient (Wildman–Crippen LogP) is 2.11. The van der Waals surface area contributed by atoms with Crippen LogP contribution in [-0.2, 0) is 28.8 Å². The molecular weight excluding hydrogens is 612 g/mol. The highest BCUT2D eigenvalue weighted by Gasteiger charge is 2.38. The average Bonchev–Trinajstić information content (AvgIpc) is 2.95. The lowest BCUT2D eigenvalue weighted by atomic mass is 9.91. The van der Waals surface area contributed by atoms with Crippen molar-refractivity contribution in [2.75, 3.05) is 42.7 Å². The second-order valence-corrected chi connectivity index (χ2v) is 11.0. The standard InChI is InChI=1S/C27H35BrN8O6/c1-27(2,24(29)40)25(41)31-11-5-10-30-22-20(28)14-32-26(35-22)34-18-7-4-6-17(13-18)33-21(38)9-8-19(37)12-16-15-36(42-3)23(16)39/h4,6-7,13-14,16H,5,8-12,15H2,1-3H3,(H2,29,40)(H,31,41)(H,33,38)(H2,30,32,34,35)/t16-/m0/s1. The van der Waals surface area contributed by atoms with Crippen molar-refractivity contribution in [3.05, 3.63) is 34.9 Å². The summed E-state index contributed by atoms with van der Waals surface area (Å²) in [5.74, 6) is -1.35. The number of halogens is 1. The van der Waals surface area contributed by atoms with Gasteiger partial charge in [0.25, 0.3) is 5.91 Å². The minimum Gasteiger partial charge on any atom is -0.369 e. The Bertz CT molecular complexity index is 1340. The molecule has 1 fully saturated rings. The Hall–Kier alpha value is -4.11. The molecule has 0 radical (unpaired) electrons. The number of β-lactam (4-membered cyclic amide) rings is 1. The number of carbonyl (C=O) groups is 5. The predicted molar refractivity (Wildman–Crippen MR) is 158 cm³/mol. The maximum Gasteiger partial charge on any atom is 0.251 e. The van der Waals surface area contributed by atoms with E-state index in [-0.39, 0.29) is 42.8 Å². The zero-order chi connectivity index (χ0) is 30.9. The lowest BCUT2D eigenvalue weighted by Crippen LogP contribution is -2.52. The molecule has 14 nitrogen and oxygen atoms in total. The Morgan fingerprint density at radius 1 is 1.17 bits per heavy atom. The Kier molecular flexibility index (Phi) is 11.3. The van der Waals surface area contributed by atoms with E-state index in [4.69, 9.17) is 10.6 Å². The number of rotatable bonds is 16. The number of anilines is 4. The lowest BCUT2D eigenvalue weighted by molar-refractivity contribution is -0.209. The van der Waals surface area contributed by atoms with E-state index in [0.29, 0.717) is 53.7 Å². The number of primary amides is 1. The van der Waals surface area contributed by atoms with Gasteiger partial charge in [0.2, 0.25) is 23.7 Å². The minimum absolute atomic E-state index is 0.00281. The summed E-state index contributed by atoms with van der Waals surface area (Å²) in [6, 6.07) is 6.96. The topological polar surface area (TPSA) is 198 Å². The first-order chi connectivity index (χ1) is 19.9. The van der Waals surface area contributed by atoms with E-state index in [0.717, 1.165) is 0 Å². The highest BCUT2D eigenvalue weighted by Crippen LogP contribution is 2.24. The van der Waals surface area contributed by atoms with Gasteiger partial charge in [-0.1, -0.05) is 6.07 Å². The van der Waals surface area contributed by atoms with Gasteiger partial charge in [0.15, 0.2) is 0 Å². The summed E-state index contributed by atoms with van der Waals surface area (Å²) in [5.41, 5.74) is 5.14. The molecule has 42 heavy (non-hydrogen) atoms. The molecule has 0 aliphatic carbocycles. The summed E-state index contributed by atoms with van der Waals surface area (Å²) >= 11 is 3.41. The van der Waals surface area contributed by atoms with E-state index in [9.17, 15) is 24.0 Å². The molecule has 226 valence electrons. The Labute approximate surface area is 251 Å². The van der Waals surface area contributed by atoms with Crippen LogP contribution in [0.2, 0.25) is 0 Å². The number of aromatic nitrogens is 2. The zero-order valence-electron chi connectivity index (χ0n) is 23.7. The number of hydrogen-bond donors (Lipinski definition) is 5. The molecule has 15 heteroatoms. The molecule has 0 bridgehead atoms. The number of amides is 4. The highest BCUT2D eigenvalue weighted by atomic mass is 79.9. The molecule has 6 N–H and O–H groups in total. The Morgan fingerprint density at radius 3 is 2.60 bits per heavy atom. The van der Waals surface area contributed by atoms with E-state index in [2.05, 4.69) is 47.2 Å². The van der Waals surface area contributed by atoms with E-state index < -0.39 is 17.2 Å². The van der Waals surface area contributed by atoms with E-state index >= 15 is 0 Å². The Balaban J connectivity index is 1.45. The van der Waals surface area contributed by atoms with Gasteiger partial charge in [-0.2, -0.15) is 4.98 Å². The van der Waals surface area contributed by atoms with E-state index in [1.54, 1.807) is 30.5 Å². The fourth-order valence-electron chi connectivity index (χ4n) is 3.81. The lowest BCUT2D eigenvalue weighted by Gasteiger charge is -2.35. The normalized spacial score (nSPS) is 14.5. The number of nitrogens with two attached hydrogens (primary N) is 1. The fourth-order valence-corrected chi connectivity index (χ4v) is 4.15. The molecule has 2 heterocycles. The summed E-state index contributed by atoms with van der Waals surface area (Å²) in [4.78, 5) is 73.4. The van der Waals surface area contributed by atoms with Gasteiger partial charge in [-0.25, -0.2) is 10.0 Å². The molecular formula is C27H35BrN8O6. The summed E-state index contributed by atoms with van der Waals surface area (Å²) < 4.78 is 0.639. The number of hydroxylamine groups is 2. The summed E-state index contributed by atoms with van der Waals surface area (Å²) in [6.07, 6.45) is 2.30. The first-order valence-electron chi connectivity index (χ1n) is 13.3. The van der Waals surface area contributed by atoms with Crippen molar-refractivity contribution in [3.63, 3.8) is 0 Å². The average molecular weight is 648 g/mol. The van der Waals surface area contributed by atoms with E-state index in [1.165, 1.54) is 26.0 Å². The van der Waals surface area contributed by atoms with Crippen LogP contribution in [0.15, 0.2) is 34.9 Å². The van der Waals surface area contributed by atoms with Crippen LogP contribution in [0.1, 0.15) is 39.5 Å². The minimum atomic E-state index is -1.28. The van der Waals surface area contributed by atoms with Gasteiger partial charge in [-0.15, -0.1) is 0 Å². The quantitative estimate of drug-likeness (QED) is 0.102. The molecule has 0 spiro atoms. The molecule has 0 unspecified atom stereocenters. The van der Waals surface area contributed by atoms with Crippen LogP contribution in [0.3, 0.4) is 0 Å². The van der Waals surface area contributed by atoms with Crippen molar-refractivity contribution in [1.82, 2.24) is 20.3 Å². The zero-order valence-corrected chi connectivity index (χ0v) is 25.2. The molecule has 1 aliphatic heterocycles. The molecule has 1 atom stereocenters. The monoisotopic (exact) mass is 646 g/mol. The van der Waals surface area contributed by atoms with Gasteiger partial charge in [-0.05, 0) is 54.4 Å². The SMILES string of the molecule is CON1C[C@H](CC(=O)CCC(=O)Nc2cccc(Nc3ncc(Br)c(NCCCNC(=O)C(C)(C)C(N)=O)n3)c2)C1=O. The number of Topliss-reactive ketones (excluding diaryl/α,β-unsaturated/α-hetero) is 1. The first-order valence-corrected chi connectivity index (χ1v) is 14.1. The maximum absolute atomic E-state index is 12.4. The molecule has 1 aromatic carbocycles. The molecule has 1 aromatic heterocycles. The molecule has 2 aromatic rings. The van der Waals surface area contributed by atoms with Crippen LogP contribution in [0, 0.1) is 11.3 Å².